The Kier molecular flexibility index (Phi) is 3.22. The van der Waals surface area contributed by atoms with Gasteiger partial charge in [0.25, 0.3) is 0 Å². The van der Waals surface area contributed by atoms with Crippen LogP contribution in [0, 0.1) is 6.92 Å². The topological polar surface area (TPSA) is 73.1 Å². The molecule has 0 unspecified atom stereocenters. The first-order chi connectivity index (χ1) is 8.63. The molecule has 2 aromatic heterocycles. The van der Waals surface area contributed by atoms with Gasteiger partial charge in [-0.05, 0) is 6.92 Å². The lowest BCUT2D eigenvalue weighted by molar-refractivity contribution is 0.180. The van der Waals surface area contributed by atoms with E-state index in [9.17, 15) is 4.79 Å². The van der Waals surface area contributed by atoms with Gasteiger partial charge < -0.3 is 4.74 Å². The van der Waals surface area contributed by atoms with Crippen molar-refractivity contribution in [2.45, 2.75) is 6.92 Å². The number of nitrogens with zero attached hydrogens (tertiary/aromatic N) is 5. The zero-order chi connectivity index (χ0) is 13.1. The summed E-state index contributed by atoms with van der Waals surface area (Å²) in [7, 11) is 2.96. The van der Waals surface area contributed by atoms with E-state index in [1.807, 2.05) is 6.92 Å². The Hall–Kier alpha value is -2.44. The van der Waals surface area contributed by atoms with Crippen LogP contribution in [-0.4, -0.2) is 40.0 Å². The number of carbonyl (C=O) groups excluding carboxylic acids is 1. The van der Waals surface area contributed by atoms with Crippen LogP contribution in [0.3, 0.4) is 0 Å². The van der Waals surface area contributed by atoms with Gasteiger partial charge in [0.05, 0.1) is 37.1 Å². The number of methoxy groups -OCH3 is 1. The molecule has 0 N–H and O–H groups in total. The minimum atomic E-state index is -0.443. The number of hydrogen-bond acceptors (Lipinski definition) is 5. The van der Waals surface area contributed by atoms with Gasteiger partial charge in [0.15, 0.2) is 0 Å². The van der Waals surface area contributed by atoms with Crippen LogP contribution in [0.15, 0.2) is 24.9 Å². The number of hydrogen-bond donors (Lipinski definition) is 0. The van der Waals surface area contributed by atoms with Crippen LogP contribution in [-0.2, 0) is 4.74 Å². The van der Waals surface area contributed by atoms with Crippen molar-refractivity contribution in [2.24, 2.45) is 0 Å². The molecule has 0 saturated heterocycles. The van der Waals surface area contributed by atoms with E-state index in [1.54, 1.807) is 30.3 Å². The van der Waals surface area contributed by atoms with E-state index in [-0.39, 0.29) is 0 Å². The summed E-state index contributed by atoms with van der Waals surface area (Å²) in [6.07, 6.45) is 6.01. The van der Waals surface area contributed by atoms with Gasteiger partial charge in [-0.2, -0.15) is 5.10 Å². The summed E-state index contributed by atoms with van der Waals surface area (Å²) in [6, 6.07) is 0. The zero-order valence-electron chi connectivity index (χ0n) is 10.4. The van der Waals surface area contributed by atoms with Gasteiger partial charge in [-0.1, -0.05) is 0 Å². The molecule has 2 aromatic rings. The third kappa shape index (κ3) is 2.15. The molecule has 0 aromatic carbocycles. The molecule has 94 valence electrons. The monoisotopic (exact) mass is 247 g/mol. The van der Waals surface area contributed by atoms with E-state index < -0.39 is 6.09 Å². The van der Waals surface area contributed by atoms with Gasteiger partial charge in [-0.3, -0.25) is 4.90 Å². The van der Waals surface area contributed by atoms with Gasteiger partial charge in [-0.15, -0.1) is 0 Å². The molecule has 0 aliphatic rings. The van der Waals surface area contributed by atoms with Crippen molar-refractivity contribution in [3.63, 3.8) is 0 Å². The van der Waals surface area contributed by atoms with Crippen molar-refractivity contribution in [2.75, 3.05) is 19.1 Å². The summed E-state index contributed by atoms with van der Waals surface area (Å²) in [4.78, 5) is 20.7. The first-order valence-corrected chi connectivity index (χ1v) is 5.27. The van der Waals surface area contributed by atoms with Crippen LogP contribution in [0.25, 0.3) is 5.69 Å². The number of amides is 1. The number of aromatic nitrogens is 4. The molecule has 7 heteroatoms. The first-order valence-electron chi connectivity index (χ1n) is 5.27. The molecule has 0 spiro atoms. The Morgan fingerprint density at radius 3 is 2.67 bits per heavy atom. The van der Waals surface area contributed by atoms with Crippen LogP contribution in [0.2, 0.25) is 0 Å². The lowest BCUT2D eigenvalue weighted by Gasteiger charge is -2.13. The second-order valence-corrected chi connectivity index (χ2v) is 3.67. The highest BCUT2D eigenvalue weighted by molar-refractivity contribution is 5.87. The molecule has 0 atom stereocenters. The van der Waals surface area contributed by atoms with Crippen LogP contribution < -0.4 is 4.90 Å². The third-order valence-electron chi connectivity index (χ3n) is 2.49. The molecule has 0 aliphatic heterocycles. The predicted octanol–water partition coefficient (Wildman–Crippen LogP) is 1.17. The molecule has 0 aliphatic carbocycles. The summed E-state index contributed by atoms with van der Waals surface area (Å²) in [5.41, 5.74) is 2.11. The van der Waals surface area contributed by atoms with E-state index in [2.05, 4.69) is 19.8 Å². The van der Waals surface area contributed by atoms with E-state index in [1.165, 1.54) is 18.3 Å². The van der Waals surface area contributed by atoms with E-state index in [0.29, 0.717) is 11.4 Å². The normalized spacial score (nSPS) is 10.2. The number of ether oxygens (including phenoxy) is 1. The van der Waals surface area contributed by atoms with Crippen LogP contribution in [0.1, 0.15) is 5.69 Å². The third-order valence-corrected chi connectivity index (χ3v) is 2.49. The second kappa shape index (κ2) is 4.82. The zero-order valence-corrected chi connectivity index (χ0v) is 10.4. The Bertz CT molecular complexity index is 552. The molecule has 2 heterocycles. The molecule has 1 amide bonds. The fourth-order valence-electron chi connectivity index (χ4n) is 1.56. The van der Waals surface area contributed by atoms with Crippen LogP contribution in [0.5, 0.6) is 0 Å². The maximum Gasteiger partial charge on any atom is 0.413 e. The maximum absolute atomic E-state index is 11.5. The van der Waals surface area contributed by atoms with E-state index in [4.69, 9.17) is 0 Å². The summed E-state index contributed by atoms with van der Waals surface area (Å²) < 4.78 is 6.28. The van der Waals surface area contributed by atoms with Crippen molar-refractivity contribution in [3.8, 4) is 5.69 Å². The molecule has 7 nitrogen and oxygen atoms in total. The van der Waals surface area contributed by atoms with Gasteiger partial charge in [0.2, 0.25) is 0 Å². The summed E-state index contributed by atoms with van der Waals surface area (Å²) in [5, 5.41) is 4.31. The molecule has 2 rings (SSSR count). The van der Waals surface area contributed by atoms with Gasteiger partial charge in [0, 0.05) is 7.05 Å². The van der Waals surface area contributed by atoms with Crippen molar-refractivity contribution in [1.82, 2.24) is 19.7 Å². The lowest BCUT2D eigenvalue weighted by Crippen LogP contribution is -2.26. The smallest absolute Gasteiger partial charge is 0.413 e. The number of aryl methyl sites for hydroxylation is 1. The molecule has 18 heavy (non-hydrogen) atoms. The second-order valence-electron chi connectivity index (χ2n) is 3.67. The lowest BCUT2D eigenvalue weighted by atomic mass is 10.4. The van der Waals surface area contributed by atoms with Crippen molar-refractivity contribution >= 4 is 11.8 Å². The van der Waals surface area contributed by atoms with E-state index >= 15 is 0 Å². The quantitative estimate of drug-likeness (QED) is 0.796. The molecule has 0 saturated carbocycles. The Morgan fingerprint density at radius 2 is 2.06 bits per heavy atom. The van der Waals surface area contributed by atoms with Crippen molar-refractivity contribution in [3.05, 3.63) is 30.6 Å². The highest BCUT2D eigenvalue weighted by Gasteiger charge is 2.16. The molecular weight excluding hydrogens is 234 g/mol. The van der Waals surface area contributed by atoms with Gasteiger partial charge >= 0.3 is 6.09 Å². The largest absolute Gasteiger partial charge is 0.452 e. The minimum Gasteiger partial charge on any atom is -0.452 e. The average Bonchev–Trinajstić information content (AvgIpc) is 2.80. The minimum absolute atomic E-state index is 0.443. The molecule has 0 radical (unpaired) electrons. The highest BCUT2D eigenvalue weighted by atomic mass is 16.5. The SMILES string of the molecule is COC(=O)N(C)c1cn(-c2cncnc2)nc1C. The molecule has 0 bridgehead atoms. The average molecular weight is 247 g/mol. The maximum atomic E-state index is 11.5. The Labute approximate surface area is 104 Å². The van der Waals surface area contributed by atoms with Crippen LogP contribution in [0.4, 0.5) is 10.5 Å². The van der Waals surface area contributed by atoms with Crippen LogP contribution >= 0.6 is 0 Å². The fraction of sp³-hybridized carbons (Fsp3) is 0.273. The Balaban J connectivity index is 2.36. The van der Waals surface area contributed by atoms with Crippen molar-refractivity contribution < 1.29 is 9.53 Å². The van der Waals surface area contributed by atoms with Gasteiger partial charge in [-0.25, -0.2) is 19.4 Å². The highest BCUT2D eigenvalue weighted by Crippen LogP contribution is 2.19. The number of rotatable bonds is 2. The molecule has 0 fully saturated rings. The van der Waals surface area contributed by atoms with Crippen molar-refractivity contribution in [1.29, 1.82) is 0 Å². The number of carbonyl (C=O) groups is 1. The fourth-order valence-corrected chi connectivity index (χ4v) is 1.56. The predicted molar refractivity (Wildman–Crippen MR) is 64.7 cm³/mol. The Morgan fingerprint density at radius 1 is 1.39 bits per heavy atom. The van der Waals surface area contributed by atoms with Gasteiger partial charge in [0.1, 0.15) is 12.0 Å². The summed E-state index contributed by atoms with van der Waals surface area (Å²) >= 11 is 0. The number of anilines is 1. The first kappa shape index (κ1) is 12.0. The summed E-state index contributed by atoms with van der Waals surface area (Å²) in [5.74, 6) is 0. The summed E-state index contributed by atoms with van der Waals surface area (Å²) in [6.45, 7) is 1.81. The molecular formula is C11H13N5O2. The standard InChI is InChI=1S/C11H13N5O2/c1-8-10(15(2)11(17)18-3)6-16(14-8)9-4-12-7-13-5-9/h4-7H,1-3H3. The van der Waals surface area contributed by atoms with E-state index in [0.717, 1.165) is 5.69 Å².